The number of hydrogen-bond donors (Lipinski definition) is 1. The number of piperidine rings is 1. The van der Waals surface area contributed by atoms with Gasteiger partial charge in [0.25, 0.3) is 0 Å². The molecule has 0 saturated carbocycles. The molecular weight excluding hydrogens is 244 g/mol. The molecule has 1 atom stereocenters. The fraction of sp³-hybridized carbons (Fsp3) is 0.929. The highest BCUT2D eigenvalue weighted by Crippen LogP contribution is 2.21. The molecule has 1 unspecified atom stereocenters. The molecule has 1 fully saturated rings. The summed E-state index contributed by atoms with van der Waals surface area (Å²) in [6.45, 7) is 7.23. The Labute approximate surface area is 116 Å². The van der Waals surface area contributed by atoms with Gasteiger partial charge in [0, 0.05) is 13.1 Å². The maximum Gasteiger partial charge on any atom is 0.235 e. The predicted octanol–water partition coefficient (Wildman–Crippen LogP) is 2.37. The number of rotatable bonds is 7. The second-order valence-electron chi connectivity index (χ2n) is 5.19. The largest absolute Gasteiger partial charge is 0.342 e. The van der Waals surface area contributed by atoms with Crippen molar-refractivity contribution < 1.29 is 4.79 Å². The van der Waals surface area contributed by atoms with Gasteiger partial charge in [0.05, 0.1) is 5.25 Å². The molecular formula is C14H28N2OS. The monoisotopic (exact) mass is 272 g/mol. The molecule has 1 heterocycles. The summed E-state index contributed by atoms with van der Waals surface area (Å²) < 4.78 is 0. The molecule has 1 rings (SSSR count). The molecule has 1 saturated heterocycles. The zero-order valence-electron chi connectivity index (χ0n) is 12.1. The van der Waals surface area contributed by atoms with E-state index in [1.165, 1.54) is 12.8 Å². The van der Waals surface area contributed by atoms with Gasteiger partial charge in [-0.3, -0.25) is 4.79 Å². The van der Waals surface area contributed by atoms with E-state index in [0.717, 1.165) is 44.1 Å². The second-order valence-corrected chi connectivity index (χ2v) is 6.64. The first-order valence-corrected chi connectivity index (χ1v) is 8.28. The van der Waals surface area contributed by atoms with Crippen molar-refractivity contribution in [2.75, 3.05) is 32.4 Å². The lowest BCUT2D eigenvalue weighted by Gasteiger charge is -2.33. The van der Waals surface area contributed by atoms with Crippen molar-refractivity contribution in [3.8, 4) is 0 Å². The highest BCUT2D eigenvalue weighted by Gasteiger charge is 2.25. The maximum atomic E-state index is 12.2. The number of likely N-dealkylation sites (tertiary alicyclic amines) is 1. The van der Waals surface area contributed by atoms with Crippen LogP contribution in [0.25, 0.3) is 0 Å². The second kappa shape index (κ2) is 8.81. The van der Waals surface area contributed by atoms with Crippen molar-refractivity contribution in [3.05, 3.63) is 0 Å². The van der Waals surface area contributed by atoms with Gasteiger partial charge in [-0.25, -0.2) is 0 Å². The minimum absolute atomic E-state index is 0.136. The van der Waals surface area contributed by atoms with Crippen LogP contribution in [0.4, 0.5) is 0 Å². The summed E-state index contributed by atoms with van der Waals surface area (Å²) in [6.07, 6.45) is 4.73. The van der Waals surface area contributed by atoms with Crippen molar-refractivity contribution in [2.45, 2.75) is 44.8 Å². The molecule has 4 heteroatoms. The van der Waals surface area contributed by atoms with Crippen molar-refractivity contribution in [1.82, 2.24) is 10.2 Å². The lowest BCUT2D eigenvalue weighted by molar-refractivity contribution is -0.131. The van der Waals surface area contributed by atoms with Crippen LogP contribution in [0.1, 0.15) is 39.5 Å². The van der Waals surface area contributed by atoms with Crippen LogP contribution in [0.5, 0.6) is 0 Å². The SMILES string of the molecule is CCCCSC(C)C(=O)N1CCC(CNC)CC1. The van der Waals surface area contributed by atoms with Crippen LogP contribution in [-0.4, -0.2) is 48.5 Å². The number of carbonyl (C=O) groups is 1. The number of unbranched alkanes of at least 4 members (excludes halogenated alkanes) is 1. The zero-order valence-corrected chi connectivity index (χ0v) is 12.9. The molecule has 1 aliphatic rings. The van der Waals surface area contributed by atoms with Crippen molar-refractivity contribution in [1.29, 1.82) is 0 Å². The summed E-state index contributed by atoms with van der Waals surface area (Å²) in [5.74, 6) is 2.21. The lowest BCUT2D eigenvalue weighted by atomic mass is 9.97. The first kappa shape index (κ1) is 15.8. The van der Waals surface area contributed by atoms with E-state index in [9.17, 15) is 4.79 Å². The van der Waals surface area contributed by atoms with Crippen molar-refractivity contribution >= 4 is 17.7 Å². The number of thioether (sulfide) groups is 1. The van der Waals surface area contributed by atoms with Gasteiger partial charge in [-0.15, -0.1) is 11.8 Å². The Morgan fingerprint density at radius 3 is 2.67 bits per heavy atom. The summed E-state index contributed by atoms with van der Waals surface area (Å²) >= 11 is 1.81. The number of amides is 1. The highest BCUT2D eigenvalue weighted by atomic mass is 32.2. The number of hydrogen-bond acceptors (Lipinski definition) is 3. The summed E-state index contributed by atoms with van der Waals surface area (Å²) in [6, 6.07) is 0. The molecule has 0 aliphatic carbocycles. The highest BCUT2D eigenvalue weighted by molar-refractivity contribution is 8.00. The van der Waals surface area contributed by atoms with E-state index in [-0.39, 0.29) is 5.25 Å². The van der Waals surface area contributed by atoms with Gasteiger partial charge in [0.2, 0.25) is 5.91 Å². The molecule has 106 valence electrons. The quantitative estimate of drug-likeness (QED) is 0.722. The Kier molecular flexibility index (Phi) is 7.75. The Morgan fingerprint density at radius 1 is 1.44 bits per heavy atom. The molecule has 0 spiro atoms. The Hall–Kier alpha value is -0.220. The van der Waals surface area contributed by atoms with E-state index < -0.39 is 0 Å². The summed E-state index contributed by atoms with van der Waals surface area (Å²) in [7, 11) is 2.00. The molecule has 0 aromatic heterocycles. The molecule has 0 aromatic rings. The summed E-state index contributed by atoms with van der Waals surface area (Å²) in [5.41, 5.74) is 0. The smallest absolute Gasteiger partial charge is 0.235 e. The van der Waals surface area contributed by atoms with E-state index in [1.54, 1.807) is 0 Å². The average molecular weight is 272 g/mol. The molecule has 0 bridgehead atoms. The Morgan fingerprint density at radius 2 is 2.11 bits per heavy atom. The van der Waals surface area contributed by atoms with E-state index in [4.69, 9.17) is 0 Å². The third kappa shape index (κ3) is 5.19. The number of nitrogens with zero attached hydrogens (tertiary/aromatic N) is 1. The van der Waals surface area contributed by atoms with Crippen LogP contribution in [0.2, 0.25) is 0 Å². The summed E-state index contributed by atoms with van der Waals surface area (Å²) in [5, 5.41) is 3.37. The van der Waals surface area contributed by atoms with Crippen LogP contribution in [0, 0.1) is 5.92 Å². The van der Waals surface area contributed by atoms with Gasteiger partial charge < -0.3 is 10.2 Å². The molecule has 3 nitrogen and oxygen atoms in total. The van der Waals surface area contributed by atoms with E-state index >= 15 is 0 Å². The van der Waals surface area contributed by atoms with Gasteiger partial charge in [-0.05, 0) is 51.4 Å². The normalized spacial score (nSPS) is 18.9. The number of carbonyl (C=O) groups excluding carboxylic acids is 1. The standard InChI is InChI=1S/C14H28N2OS/c1-4-5-10-18-12(2)14(17)16-8-6-13(7-9-16)11-15-3/h12-13,15H,4-11H2,1-3H3. The van der Waals surface area contributed by atoms with Crippen LogP contribution in [0.3, 0.4) is 0 Å². The van der Waals surface area contributed by atoms with Crippen LogP contribution < -0.4 is 5.32 Å². The first-order chi connectivity index (χ1) is 8.69. The third-order valence-electron chi connectivity index (χ3n) is 3.63. The number of nitrogens with one attached hydrogen (secondary N) is 1. The molecule has 1 aliphatic heterocycles. The fourth-order valence-corrected chi connectivity index (χ4v) is 3.48. The fourth-order valence-electron chi connectivity index (χ4n) is 2.38. The van der Waals surface area contributed by atoms with E-state index in [2.05, 4.69) is 24.1 Å². The third-order valence-corrected chi connectivity index (χ3v) is 4.86. The van der Waals surface area contributed by atoms with E-state index in [0.29, 0.717) is 5.91 Å². The van der Waals surface area contributed by atoms with Crippen LogP contribution in [0.15, 0.2) is 0 Å². The van der Waals surface area contributed by atoms with Gasteiger partial charge in [-0.2, -0.15) is 0 Å². The van der Waals surface area contributed by atoms with Gasteiger partial charge in [0.1, 0.15) is 0 Å². The van der Waals surface area contributed by atoms with Gasteiger partial charge in [0.15, 0.2) is 0 Å². The topological polar surface area (TPSA) is 32.3 Å². The average Bonchev–Trinajstić information content (AvgIpc) is 2.39. The molecule has 1 amide bonds. The first-order valence-electron chi connectivity index (χ1n) is 7.24. The van der Waals surface area contributed by atoms with Gasteiger partial charge in [-0.1, -0.05) is 13.3 Å². The zero-order chi connectivity index (χ0) is 13.4. The molecule has 18 heavy (non-hydrogen) atoms. The van der Waals surface area contributed by atoms with Crippen LogP contribution in [-0.2, 0) is 4.79 Å². The minimum Gasteiger partial charge on any atom is -0.342 e. The van der Waals surface area contributed by atoms with E-state index in [1.807, 2.05) is 18.8 Å². The van der Waals surface area contributed by atoms with Gasteiger partial charge >= 0.3 is 0 Å². The van der Waals surface area contributed by atoms with Crippen molar-refractivity contribution in [2.24, 2.45) is 5.92 Å². The maximum absolute atomic E-state index is 12.2. The molecule has 0 aromatic carbocycles. The Bertz CT molecular complexity index is 240. The molecule has 0 radical (unpaired) electrons. The Balaban J connectivity index is 2.26. The minimum atomic E-state index is 0.136. The van der Waals surface area contributed by atoms with Crippen LogP contribution >= 0.6 is 11.8 Å². The summed E-state index contributed by atoms with van der Waals surface area (Å²) in [4.78, 5) is 14.3. The predicted molar refractivity (Wildman–Crippen MR) is 80.1 cm³/mol. The molecule has 1 N–H and O–H groups in total. The van der Waals surface area contributed by atoms with Crippen molar-refractivity contribution in [3.63, 3.8) is 0 Å². The lowest BCUT2D eigenvalue weighted by Crippen LogP contribution is -2.43.